The fourth-order valence-corrected chi connectivity index (χ4v) is 6.38. The number of hydrogen-bond donors (Lipinski definition) is 1. The molecule has 1 fully saturated rings. The van der Waals surface area contributed by atoms with Gasteiger partial charge in [0, 0.05) is 50.3 Å². The average molecular weight is 806 g/mol. The molecule has 2 unspecified atom stereocenters. The molecule has 0 spiro atoms. The number of nitrogens with one attached hydrogen (secondary N) is 1. The molecule has 0 heterocycles. The molecule has 1 saturated carbocycles. The van der Waals surface area contributed by atoms with Crippen LogP contribution in [0.25, 0.3) is 0 Å². The van der Waals surface area contributed by atoms with E-state index in [9.17, 15) is 38.4 Å². The van der Waals surface area contributed by atoms with Gasteiger partial charge in [0.15, 0.2) is 0 Å². The number of rotatable bonds is 25. The summed E-state index contributed by atoms with van der Waals surface area (Å²) in [7, 11) is 0. The van der Waals surface area contributed by atoms with Crippen molar-refractivity contribution in [3.05, 3.63) is 63.3 Å². The zero-order valence-electron chi connectivity index (χ0n) is 33.2. The molecule has 316 valence electrons. The third-order valence-electron chi connectivity index (χ3n) is 8.71. The number of hydrogen-bond acceptors (Lipinski definition) is 16. The van der Waals surface area contributed by atoms with Gasteiger partial charge in [0.25, 0.3) is 0 Å². The molecule has 57 heavy (non-hydrogen) atoms. The van der Waals surface area contributed by atoms with Crippen LogP contribution in [0.4, 0.5) is 4.79 Å². The van der Waals surface area contributed by atoms with Gasteiger partial charge in [-0.2, -0.15) is 0 Å². The first-order valence-corrected chi connectivity index (χ1v) is 17.8. The maximum Gasteiger partial charge on any atom is 0.407 e. The molecule has 0 aromatic heterocycles. The van der Waals surface area contributed by atoms with Crippen LogP contribution in [0, 0.1) is 27.6 Å². The van der Waals surface area contributed by atoms with E-state index in [2.05, 4.69) is 38.2 Å². The Labute approximate surface area is 332 Å². The first-order valence-electron chi connectivity index (χ1n) is 17.8. The predicted molar refractivity (Wildman–Crippen MR) is 201 cm³/mol. The molecular formula is C40H55NO16. The van der Waals surface area contributed by atoms with Crippen LogP contribution in [0.2, 0.25) is 0 Å². The Morgan fingerprint density at radius 2 is 0.912 bits per heavy atom. The minimum Gasteiger partial charge on any atom is -0.465 e. The molecule has 17 heteroatoms. The third-order valence-corrected chi connectivity index (χ3v) is 8.71. The van der Waals surface area contributed by atoms with Crippen molar-refractivity contribution >= 4 is 47.9 Å². The topological polar surface area (TPSA) is 222 Å². The third kappa shape index (κ3) is 19.1. The van der Waals surface area contributed by atoms with Crippen LogP contribution in [-0.2, 0) is 71.5 Å². The van der Waals surface area contributed by atoms with Gasteiger partial charge in [0.1, 0.15) is 63.7 Å². The smallest absolute Gasteiger partial charge is 0.407 e. The van der Waals surface area contributed by atoms with Gasteiger partial charge in [-0.25, -0.2) is 28.8 Å². The summed E-state index contributed by atoms with van der Waals surface area (Å²) in [5, 5.41) is 2.74. The van der Waals surface area contributed by atoms with Gasteiger partial charge in [0.05, 0.1) is 0 Å². The SMILES string of the molecule is C=CC(=O)OCC(COC(=O)C=C)(COC(=O)C=C)COC(=O)CC1CC(C)(C)CC(C)(CNC(=O)OCC(COC(C)=O)(COC(=O)C=C)COC(=O)C=C)C1. The van der Waals surface area contributed by atoms with Crippen LogP contribution in [0.5, 0.6) is 0 Å². The zero-order valence-corrected chi connectivity index (χ0v) is 33.2. The Hall–Kier alpha value is -5.74. The van der Waals surface area contributed by atoms with Crippen LogP contribution in [0.15, 0.2) is 63.3 Å². The summed E-state index contributed by atoms with van der Waals surface area (Å²) in [5.41, 5.74) is -3.80. The van der Waals surface area contributed by atoms with E-state index < -0.39 is 117 Å². The van der Waals surface area contributed by atoms with Gasteiger partial charge in [-0.05, 0) is 36.0 Å². The average Bonchev–Trinajstić information content (AvgIpc) is 3.17. The van der Waals surface area contributed by atoms with E-state index in [0.29, 0.717) is 19.3 Å². The molecule has 0 radical (unpaired) electrons. The quantitative estimate of drug-likeness (QED) is 0.0790. The van der Waals surface area contributed by atoms with Gasteiger partial charge in [-0.15, -0.1) is 0 Å². The van der Waals surface area contributed by atoms with E-state index in [1.807, 2.05) is 20.8 Å². The molecule has 0 aliphatic heterocycles. The molecule has 1 rings (SSSR count). The van der Waals surface area contributed by atoms with Crippen molar-refractivity contribution < 1.29 is 76.3 Å². The summed E-state index contributed by atoms with van der Waals surface area (Å²) in [6, 6.07) is 0. The maximum atomic E-state index is 13.3. The molecule has 0 bridgehead atoms. The van der Waals surface area contributed by atoms with Crippen molar-refractivity contribution in [1.29, 1.82) is 0 Å². The summed E-state index contributed by atoms with van der Waals surface area (Å²) < 4.78 is 42.1. The minimum atomic E-state index is -1.49. The minimum absolute atomic E-state index is 0.0452. The van der Waals surface area contributed by atoms with Gasteiger partial charge in [-0.1, -0.05) is 53.7 Å². The van der Waals surface area contributed by atoms with Gasteiger partial charge < -0.3 is 43.2 Å². The first kappa shape index (κ1) is 49.3. The summed E-state index contributed by atoms with van der Waals surface area (Å²) in [5.74, 6) is -5.62. The first-order chi connectivity index (χ1) is 26.7. The van der Waals surface area contributed by atoms with Crippen molar-refractivity contribution in [2.24, 2.45) is 27.6 Å². The Morgan fingerprint density at radius 3 is 1.28 bits per heavy atom. The van der Waals surface area contributed by atoms with Crippen LogP contribution in [-0.4, -0.2) is 107 Å². The molecule has 0 aromatic carbocycles. The molecule has 2 atom stereocenters. The summed E-state index contributed by atoms with van der Waals surface area (Å²) in [4.78, 5) is 97.6. The molecular weight excluding hydrogens is 750 g/mol. The van der Waals surface area contributed by atoms with Gasteiger partial charge >= 0.3 is 47.9 Å². The van der Waals surface area contributed by atoms with Crippen molar-refractivity contribution in [2.75, 3.05) is 59.4 Å². The lowest BCUT2D eigenvalue weighted by Crippen LogP contribution is -2.47. The highest BCUT2D eigenvalue weighted by Gasteiger charge is 2.43. The fourth-order valence-electron chi connectivity index (χ4n) is 6.38. The summed E-state index contributed by atoms with van der Waals surface area (Å²) in [6.45, 7) is 20.2. The molecule has 17 nitrogen and oxygen atoms in total. The van der Waals surface area contributed by atoms with E-state index in [4.69, 9.17) is 37.9 Å². The lowest BCUT2D eigenvalue weighted by Gasteiger charge is -2.46. The zero-order chi connectivity index (χ0) is 43.3. The normalized spacial score (nSPS) is 17.2. The monoisotopic (exact) mass is 805 g/mol. The van der Waals surface area contributed by atoms with E-state index >= 15 is 0 Å². The van der Waals surface area contributed by atoms with Gasteiger partial charge in [0.2, 0.25) is 0 Å². The lowest BCUT2D eigenvalue weighted by atomic mass is 9.60. The number of ether oxygens (including phenoxy) is 8. The Morgan fingerprint density at radius 1 is 0.561 bits per heavy atom. The van der Waals surface area contributed by atoms with E-state index in [-0.39, 0.29) is 24.3 Å². The van der Waals surface area contributed by atoms with E-state index in [1.54, 1.807) is 0 Å². The summed E-state index contributed by atoms with van der Waals surface area (Å²) >= 11 is 0. The highest BCUT2D eigenvalue weighted by Crippen LogP contribution is 2.49. The van der Waals surface area contributed by atoms with Crippen molar-refractivity contribution in [1.82, 2.24) is 5.32 Å². The molecule has 1 aliphatic rings. The number of esters is 7. The number of alkyl carbamates (subject to hydrolysis) is 1. The van der Waals surface area contributed by atoms with Crippen LogP contribution < -0.4 is 5.32 Å². The predicted octanol–water partition coefficient (Wildman–Crippen LogP) is 3.66. The molecule has 1 amide bonds. The van der Waals surface area contributed by atoms with Crippen molar-refractivity contribution in [3.8, 4) is 0 Å². The molecule has 1 N–H and O–H groups in total. The molecule has 1 aliphatic carbocycles. The second-order valence-electron chi connectivity index (χ2n) is 15.1. The van der Waals surface area contributed by atoms with E-state index in [1.165, 1.54) is 0 Å². The second-order valence-corrected chi connectivity index (χ2v) is 15.1. The largest absolute Gasteiger partial charge is 0.465 e. The number of carbonyl (C=O) groups is 8. The second kappa shape index (κ2) is 23.4. The Balaban J connectivity index is 3.11. The van der Waals surface area contributed by atoms with Gasteiger partial charge in [-0.3, -0.25) is 9.59 Å². The van der Waals surface area contributed by atoms with Crippen molar-refractivity contribution in [2.45, 2.75) is 53.4 Å². The number of amides is 1. The highest BCUT2D eigenvalue weighted by molar-refractivity contribution is 5.83. The molecule has 0 aromatic rings. The fraction of sp³-hybridized carbons (Fsp3) is 0.550. The lowest BCUT2D eigenvalue weighted by molar-refractivity contribution is -0.168. The van der Waals surface area contributed by atoms with E-state index in [0.717, 1.165) is 37.3 Å². The van der Waals surface area contributed by atoms with Crippen LogP contribution in [0.3, 0.4) is 0 Å². The van der Waals surface area contributed by atoms with Crippen molar-refractivity contribution in [3.63, 3.8) is 0 Å². The Bertz CT molecular complexity index is 1450. The summed E-state index contributed by atoms with van der Waals surface area (Å²) in [6.07, 6.45) is 5.39. The van der Waals surface area contributed by atoms with Crippen LogP contribution in [0.1, 0.15) is 53.4 Å². The Kier molecular flexibility index (Phi) is 20.2. The standard InChI is InChI=1S/C40H55NO16/c1-10-30(43)51-21-39(20-50-28(6)42,22-52-31(44)11-2)27-57-36(49)41-19-38(9)17-29(16-37(7,8)18-38)15-35(48)56-26-40(23-53-32(45)12-3,24-54-33(46)13-4)25-55-34(47)14-5/h10-14,29H,1-5,15-27H2,6-9H3,(H,41,49). The maximum absolute atomic E-state index is 13.3. The number of carbonyl (C=O) groups excluding carboxylic acids is 8. The van der Waals surface area contributed by atoms with Crippen LogP contribution >= 0.6 is 0 Å². The molecule has 0 saturated heterocycles. The highest BCUT2D eigenvalue weighted by atomic mass is 16.6.